The summed E-state index contributed by atoms with van der Waals surface area (Å²) < 4.78 is 21.1. The summed E-state index contributed by atoms with van der Waals surface area (Å²) in [7, 11) is -3.23. The molecule has 5 aromatic carbocycles. The maximum absolute atomic E-state index is 14.4. The monoisotopic (exact) mass is 895 g/mol. The Hall–Kier alpha value is -6.58. The molecule has 0 unspecified atom stereocenters. The van der Waals surface area contributed by atoms with Gasteiger partial charge in [0, 0.05) is 19.3 Å². The number of aliphatic carboxylic acids is 1. The van der Waals surface area contributed by atoms with Crippen LogP contribution in [-0.4, -0.2) is 82.3 Å². The van der Waals surface area contributed by atoms with Crippen molar-refractivity contribution in [3.63, 3.8) is 0 Å². The second kappa shape index (κ2) is 23.2. The molecule has 64 heavy (non-hydrogen) atoms. The largest absolute Gasteiger partial charge is 0.524 e. The highest BCUT2D eigenvalue weighted by Crippen LogP contribution is 2.37. The number of carboxylic acids is 1. The van der Waals surface area contributed by atoms with Gasteiger partial charge in [-0.1, -0.05) is 97.1 Å². The van der Waals surface area contributed by atoms with Crippen LogP contribution in [0.5, 0.6) is 11.5 Å². The molecule has 17 heteroatoms. The summed E-state index contributed by atoms with van der Waals surface area (Å²) in [6.45, 7) is 2.05. The summed E-state index contributed by atoms with van der Waals surface area (Å²) in [6, 6.07) is 29.6. The number of carbonyl (C=O) groups excluding carboxylic acids is 4. The van der Waals surface area contributed by atoms with Crippen LogP contribution in [0.1, 0.15) is 54.4 Å². The summed E-state index contributed by atoms with van der Waals surface area (Å²) in [5, 5.41) is 22.9. The van der Waals surface area contributed by atoms with Gasteiger partial charge in [-0.05, 0) is 90.0 Å². The van der Waals surface area contributed by atoms with Crippen LogP contribution in [0, 0.1) is 0 Å². The first kappa shape index (κ1) is 48.5. The lowest BCUT2D eigenvalue weighted by Gasteiger charge is -2.27. The van der Waals surface area contributed by atoms with Crippen LogP contribution in [0.3, 0.4) is 0 Å². The van der Waals surface area contributed by atoms with Gasteiger partial charge in [0.25, 0.3) is 0 Å². The fourth-order valence-corrected chi connectivity index (χ4v) is 7.44. The van der Waals surface area contributed by atoms with Crippen molar-refractivity contribution in [3.05, 3.63) is 144 Å². The third kappa shape index (κ3) is 14.8. The molecular weight excluding hydrogens is 842 g/mol. The van der Waals surface area contributed by atoms with E-state index in [-0.39, 0.29) is 31.4 Å². The molecule has 0 spiro atoms. The van der Waals surface area contributed by atoms with Crippen LogP contribution in [0.2, 0.25) is 0 Å². The molecule has 0 saturated carbocycles. The highest BCUT2D eigenvalue weighted by atomic mass is 31.2. The molecule has 4 amide bonds. The standard InChI is InChI=1S/C47H54N5O11P/c1-30(34-18-19-36-29-38(62-2)23-20-35(36)28-34)43(53)50-40(25-31-11-5-3-6-12-31)46(56)51-41(26-32-13-7-4-8-14-32)45(55)49-39(15-9-10-24-48)44(54)52-42(47(57)58)27-33-16-21-37(22-17-33)63-64(59,60)61/h3-8,11-14,16-23,28-30,39-42H,9-10,15,24-27,48H2,1-2H3,(H,49,55)(H,50,53)(H,51,56)(H,52,54)(H,57,58)(H2,59,60,61)/t30-,39+,40+,41+,42+/m0/s1. The van der Waals surface area contributed by atoms with Gasteiger partial charge in [0.2, 0.25) is 23.6 Å². The van der Waals surface area contributed by atoms with Gasteiger partial charge in [0.05, 0.1) is 13.0 Å². The van der Waals surface area contributed by atoms with Gasteiger partial charge in [-0.15, -0.1) is 0 Å². The fourth-order valence-electron chi connectivity index (χ4n) is 7.04. The minimum Gasteiger partial charge on any atom is -0.497 e. The number of phosphoric ester groups is 1. The Morgan fingerprint density at radius 2 is 1.06 bits per heavy atom. The maximum atomic E-state index is 14.4. The predicted octanol–water partition coefficient (Wildman–Crippen LogP) is 4.30. The van der Waals surface area contributed by atoms with E-state index >= 15 is 0 Å². The summed E-state index contributed by atoms with van der Waals surface area (Å²) in [5.74, 6) is -4.03. The molecule has 5 rings (SSSR count). The molecule has 0 aliphatic heterocycles. The number of nitrogens with one attached hydrogen (secondary N) is 4. The summed E-state index contributed by atoms with van der Waals surface area (Å²) in [4.78, 5) is 87.0. The Balaban J connectivity index is 1.36. The summed E-state index contributed by atoms with van der Waals surface area (Å²) in [6.07, 6.45) is 0.896. The maximum Gasteiger partial charge on any atom is 0.524 e. The zero-order valence-corrected chi connectivity index (χ0v) is 36.4. The van der Waals surface area contributed by atoms with Crippen molar-refractivity contribution in [2.45, 2.75) is 75.5 Å². The molecule has 0 aliphatic rings. The van der Waals surface area contributed by atoms with E-state index in [0.717, 1.165) is 21.9 Å². The zero-order chi connectivity index (χ0) is 46.2. The molecule has 5 aromatic rings. The Kier molecular flexibility index (Phi) is 17.6. The third-order valence-corrected chi connectivity index (χ3v) is 11.0. The van der Waals surface area contributed by atoms with Gasteiger partial charge in [0.1, 0.15) is 35.7 Å². The number of carboxylic acid groups (broad SMARTS) is 1. The number of hydrogen-bond donors (Lipinski definition) is 8. The smallest absolute Gasteiger partial charge is 0.497 e. The fraction of sp³-hybridized carbons (Fsp3) is 0.298. The van der Waals surface area contributed by atoms with Gasteiger partial charge in [-0.25, -0.2) is 9.36 Å². The second-order valence-corrected chi connectivity index (χ2v) is 16.5. The number of unbranched alkanes of at least 4 members (excludes halogenated alkanes) is 1. The molecule has 9 N–H and O–H groups in total. The number of carbonyl (C=O) groups is 5. The predicted molar refractivity (Wildman–Crippen MR) is 240 cm³/mol. The molecule has 0 saturated heterocycles. The van der Waals surface area contributed by atoms with Crippen LogP contribution in [-0.2, 0) is 47.8 Å². The number of amides is 4. The first-order valence-corrected chi connectivity index (χ1v) is 22.3. The van der Waals surface area contributed by atoms with E-state index in [0.29, 0.717) is 36.3 Å². The molecule has 338 valence electrons. The van der Waals surface area contributed by atoms with Crippen molar-refractivity contribution < 1.29 is 52.7 Å². The molecule has 0 aliphatic carbocycles. The first-order chi connectivity index (χ1) is 30.6. The third-order valence-electron chi connectivity index (χ3n) is 10.6. The number of hydrogen-bond acceptors (Lipinski definition) is 9. The number of phosphoric acid groups is 1. The van der Waals surface area contributed by atoms with Crippen LogP contribution in [0.15, 0.2) is 121 Å². The van der Waals surface area contributed by atoms with Gasteiger partial charge < -0.3 is 41.4 Å². The molecule has 0 fully saturated rings. The molecule has 0 bridgehead atoms. The lowest BCUT2D eigenvalue weighted by atomic mass is 9.96. The average Bonchev–Trinajstić information content (AvgIpc) is 3.28. The van der Waals surface area contributed by atoms with E-state index in [2.05, 4.69) is 25.8 Å². The first-order valence-electron chi connectivity index (χ1n) is 20.8. The SMILES string of the molecule is COc1ccc2cc([C@H](C)C(=O)N[C@H](Cc3ccccc3)C(=O)N[C@H](Cc3ccccc3)C(=O)N[C@H](CCCCN)C(=O)N[C@H](Cc3ccc(OP(=O)(O)O)cc3)C(=O)O)ccc2c1. The van der Waals surface area contributed by atoms with Crippen molar-refractivity contribution >= 4 is 48.2 Å². The van der Waals surface area contributed by atoms with E-state index in [1.54, 1.807) is 44.4 Å². The highest BCUT2D eigenvalue weighted by molar-refractivity contribution is 7.46. The minimum absolute atomic E-state index is 0.0132. The van der Waals surface area contributed by atoms with Gasteiger partial charge in [-0.3, -0.25) is 29.0 Å². The van der Waals surface area contributed by atoms with Gasteiger partial charge in [-0.2, -0.15) is 0 Å². The lowest BCUT2D eigenvalue weighted by Crippen LogP contribution is -2.58. The Morgan fingerprint density at radius 3 is 1.61 bits per heavy atom. The highest BCUT2D eigenvalue weighted by Gasteiger charge is 2.32. The zero-order valence-electron chi connectivity index (χ0n) is 35.5. The molecular formula is C47H54N5O11P. The van der Waals surface area contributed by atoms with Crippen LogP contribution < -0.4 is 36.3 Å². The van der Waals surface area contributed by atoms with Crippen molar-refractivity contribution in [2.24, 2.45) is 5.73 Å². The number of benzene rings is 5. The van der Waals surface area contributed by atoms with Crippen molar-refractivity contribution in [1.29, 1.82) is 0 Å². The number of fused-ring (bicyclic) bond motifs is 1. The molecule has 0 aromatic heterocycles. The lowest BCUT2D eigenvalue weighted by molar-refractivity contribution is -0.142. The number of nitrogens with two attached hydrogens (primary N) is 1. The van der Waals surface area contributed by atoms with Crippen LogP contribution >= 0.6 is 7.82 Å². The van der Waals surface area contributed by atoms with E-state index < -0.39 is 67.5 Å². The Morgan fingerprint density at radius 1 is 0.594 bits per heavy atom. The molecule has 5 atom stereocenters. The normalized spacial score (nSPS) is 13.6. The number of rotatable bonds is 23. The van der Waals surface area contributed by atoms with E-state index in [9.17, 15) is 33.6 Å². The summed E-state index contributed by atoms with van der Waals surface area (Å²) >= 11 is 0. The quantitative estimate of drug-likeness (QED) is 0.0338. The Bertz CT molecular complexity index is 2420. The van der Waals surface area contributed by atoms with Crippen LogP contribution in [0.25, 0.3) is 10.8 Å². The minimum atomic E-state index is -4.82. The van der Waals surface area contributed by atoms with Gasteiger partial charge in [0.15, 0.2) is 0 Å². The summed E-state index contributed by atoms with van der Waals surface area (Å²) in [5.41, 5.74) is 8.32. The van der Waals surface area contributed by atoms with E-state index in [1.165, 1.54) is 24.3 Å². The van der Waals surface area contributed by atoms with Crippen molar-refractivity contribution in [3.8, 4) is 11.5 Å². The average molecular weight is 896 g/mol. The molecule has 16 nitrogen and oxygen atoms in total. The molecule has 0 heterocycles. The van der Waals surface area contributed by atoms with Crippen LogP contribution in [0.4, 0.5) is 0 Å². The van der Waals surface area contributed by atoms with Crippen molar-refractivity contribution in [1.82, 2.24) is 21.3 Å². The van der Waals surface area contributed by atoms with Gasteiger partial charge >= 0.3 is 13.8 Å². The second-order valence-electron chi connectivity index (χ2n) is 15.4. The Labute approximate surface area is 371 Å². The topological polar surface area (TPSA) is 256 Å². The van der Waals surface area contributed by atoms with E-state index in [4.69, 9.17) is 20.3 Å². The number of methoxy groups -OCH3 is 1. The molecule has 0 radical (unpaired) electrons. The van der Waals surface area contributed by atoms with Crippen molar-refractivity contribution in [2.75, 3.05) is 13.7 Å². The van der Waals surface area contributed by atoms with E-state index in [1.807, 2.05) is 66.7 Å². The number of ether oxygens (including phenoxy) is 1.